The van der Waals surface area contributed by atoms with E-state index in [2.05, 4.69) is 20.7 Å². The zero-order valence-electron chi connectivity index (χ0n) is 10.8. The molecule has 0 radical (unpaired) electrons. The van der Waals surface area contributed by atoms with Crippen molar-refractivity contribution in [1.82, 2.24) is 0 Å². The Morgan fingerprint density at radius 2 is 1.86 bits per heavy atom. The van der Waals surface area contributed by atoms with Crippen LogP contribution in [0.4, 0.5) is 11.4 Å². The fourth-order valence-electron chi connectivity index (χ4n) is 1.78. The number of halogens is 3. The Balaban J connectivity index is 2.51. The van der Waals surface area contributed by atoms with Gasteiger partial charge in [0.1, 0.15) is 4.90 Å². The van der Waals surface area contributed by atoms with Crippen LogP contribution in [-0.2, 0) is 10.0 Å². The Labute approximate surface area is 141 Å². The molecule has 0 aliphatic rings. The molecule has 0 atom stereocenters. The van der Waals surface area contributed by atoms with Crippen molar-refractivity contribution in [2.75, 3.05) is 10.5 Å². The second kappa shape index (κ2) is 6.04. The predicted molar refractivity (Wildman–Crippen MR) is 90.6 cm³/mol. The lowest BCUT2D eigenvalue weighted by atomic mass is 10.2. The Kier molecular flexibility index (Phi) is 4.72. The molecule has 2 aromatic carbocycles. The van der Waals surface area contributed by atoms with Gasteiger partial charge >= 0.3 is 0 Å². The monoisotopic (exact) mass is 408 g/mol. The minimum Gasteiger partial charge on any atom is -0.398 e. The van der Waals surface area contributed by atoms with Gasteiger partial charge in [-0.25, -0.2) is 8.42 Å². The normalized spacial score (nSPS) is 11.4. The number of hydrogen-bond donors (Lipinski definition) is 2. The number of rotatable bonds is 3. The summed E-state index contributed by atoms with van der Waals surface area (Å²) < 4.78 is 28.0. The fraction of sp³-hybridized carbons (Fsp3) is 0.0769. The first-order valence-electron chi connectivity index (χ1n) is 5.74. The molecule has 0 heterocycles. The van der Waals surface area contributed by atoms with Gasteiger partial charge in [0.2, 0.25) is 0 Å². The maximum absolute atomic E-state index is 12.5. The number of nitrogens with one attached hydrogen (secondary N) is 1. The van der Waals surface area contributed by atoms with Crippen LogP contribution in [0.15, 0.2) is 39.7 Å². The summed E-state index contributed by atoms with van der Waals surface area (Å²) in [5.74, 6) is 0. The van der Waals surface area contributed by atoms with E-state index >= 15 is 0 Å². The molecule has 0 aliphatic carbocycles. The lowest BCUT2D eigenvalue weighted by molar-refractivity contribution is 0.601. The highest BCUT2D eigenvalue weighted by Gasteiger charge is 2.23. The highest BCUT2D eigenvalue weighted by Crippen LogP contribution is 2.33. The molecule has 2 rings (SSSR count). The Morgan fingerprint density at radius 1 is 1.19 bits per heavy atom. The number of anilines is 2. The molecule has 21 heavy (non-hydrogen) atoms. The molecule has 0 saturated heterocycles. The van der Waals surface area contributed by atoms with Gasteiger partial charge in [0, 0.05) is 9.50 Å². The van der Waals surface area contributed by atoms with Gasteiger partial charge in [-0.15, -0.1) is 0 Å². The van der Waals surface area contributed by atoms with Crippen LogP contribution < -0.4 is 10.5 Å². The molecule has 0 fully saturated rings. The summed E-state index contributed by atoms with van der Waals surface area (Å²) in [6.45, 7) is 1.86. The fourth-order valence-corrected chi connectivity index (χ4v) is 4.31. The van der Waals surface area contributed by atoms with Crippen molar-refractivity contribution in [3.8, 4) is 0 Å². The number of nitrogen functional groups attached to an aromatic ring is 1. The first kappa shape index (κ1) is 16.4. The number of benzene rings is 2. The van der Waals surface area contributed by atoms with Gasteiger partial charge in [-0.05, 0) is 52.7 Å². The maximum atomic E-state index is 12.5. The summed E-state index contributed by atoms with van der Waals surface area (Å²) in [7, 11) is -3.93. The average molecular weight is 410 g/mol. The van der Waals surface area contributed by atoms with E-state index < -0.39 is 10.0 Å². The number of sulfonamides is 1. The molecule has 0 saturated carbocycles. The van der Waals surface area contributed by atoms with Crippen molar-refractivity contribution in [3.05, 3.63) is 50.4 Å². The minimum atomic E-state index is -3.93. The number of nitrogens with two attached hydrogens (primary N) is 1. The van der Waals surface area contributed by atoms with Gasteiger partial charge in [-0.2, -0.15) is 0 Å². The van der Waals surface area contributed by atoms with Crippen LogP contribution in [0, 0.1) is 6.92 Å². The molecule has 0 unspecified atom stereocenters. The lowest BCUT2D eigenvalue weighted by Crippen LogP contribution is -2.16. The van der Waals surface area contributed by atoms with Crippen LogP contribution in [0.25, 0.3) is 0 Å². The van der Waals surface area contributed by atoms with Crippen molar-refractivity contribution in [3.63, 3.8) is 0 Å². The highest BCUT2D eigenvalue weighted by molar-refractivity contribution is 9.10. The van der Waals surface area contributed by atoms with Crippen molar-refractivity contribution in [2.45, 2.75) is 11.8 Å². The Morgan fingerprint density at radius 3 is 2.48 bits per heavy atom. The van der Waals surface area contributed by atoms with Crippen LogP contribution >= 0.6 is 39.1 Å². The molecular weight excluding hydrogens is 399 g/mol. The first-order chi connectivity index (χ1) is 9.70. The van der Waals surface area contributed by atoms with Crippen LogP contribution in [0.2, 0.25) is 10.0 Å². The van der Waals surface area contributed by atoms with E-state index in [-0.39, 0.29) is 20.6 Å². The van der Waals surface area contributed by atoms with Gasteiger partial charge in [-0.3, -0.25) is 4.72 Å². The van der Waals surface area contributed by atoms with Crippen molar-refractivity contribution < 1.29 is 8.42 Å². The van der Waals surface area contributed by atoms with Gasteiger partial charge < -0.3 is 5.73 Å². The number of aryl methyl sites for hydroxylation is 1. The predicted octanol–water partition coefficient (Wildman–Crippen LogP) is 4.45. The van der Waals surface area contributed by atoms with Crippen molar-refractivity contribution in [1.29, 1.82) is 0 Å². The minimum absolute atomic E-state index is 0.0104. The zero-order valence-corrected chi connectivity index (χ0v) is 14.7. The van der Waals surface area contributed by atoms with Gasteiger partial charge in [0.05, 0.1) is 16.4 Å². The van der Waals surface area contributed by atoms with Crippen molar-refractivity contribution >= 4 is 60.5 Å². The van der Waals surface area contributed by atoms with E-state index in [1.807, 2.05) is 13.0 Å². The van der Waals surface area contributed by atoms with Crippen LogP contribution in [0.1, 0.15) is 5.56 Å². The molecule has 2 aromatic rings. The van der Waals surface area contributed by atoms with Crippen molar-refractivity contribution in [2.24, 2.45) is 0 Å². The molecule has 0 aromatic heterocycles. The second-order valence-electron chi connectivity index (χ2n) is 4.39. The SMILES string of the molecule is Cc1ccc(Br)c(NS(=O)(=O)c2c(N)cc(Cl)cc2Cl)c1. The number of hydrogen-bond acceptors (Lipinski definition) is 3. The molecule has 112 valence electrons. The summed E-state index contributed by atoms with van der Waals surface area (Å²) in [4.78, 5) is -0.193. The van der Waals surface area contributed by atoms with Gasteiger partial charge in [0.15, 0.2) is 0 Å². The molecule has 0 amide bonds. The summed E-state index contributed by atoms with van der Waals surface area (Å²) in [5, 5.41) is 0.240. The van der Waals surface area contributed by atoms with Gasteiger partial charge in [-0.1, -0.05) is 29.3 Å². The third-order valence-corrected chi connectivity index (χ3v) is 5.47. The van der Waals surface area contributed by atoms with Crippen LogP contribution in [-0.4, -0.2) is 8.42 Å². The lowest BCUT2D eigenvalue weighted by Gasteiger charge is -2.13. The van der Waals surface area contributed by atoms with E-state index in [0.717, 1.165) is 5.56 Å². The second-order valence-corrected chi connectivity index (χ2v) is 7.71. The molecule has 0 bridgehead atoms. The topological polar surface area (TPSA) is 72.2 Å². The van der Waals surface area contributed by atoms with Gasteiger partial charge in [0.25, 0.3) is 10.0 Å². The third-order valence-electron chi connectivity index (χ3n) is 2.67. The average Bonchev–Trinajstić information content (AvgIpc) is 2.31. The van der Waals surface area contributed by atoms with E-state index in [1.165, 1.54) is 12.1 Å². The molecular formula is C13H11BrCl2N2O2S. The largest absolute Gasteiger partial charge is 0.398 e. The molecule has 4 nitrogen and oxygen atoms in total. The quantitative estimate of drug-likeness (QED) is 0.735. The molecule has 8 heteroatoms. The summed E-state index contributed by atoms with van der Waals surface area (Å²) in [6, 6.07) is 7.97. The van der Waals surface area contributed by atoms with E-state index in [4.69, 9.17) is 28.9 Å². The van der Waals surface area contributed by atoms with Crippen LogP contribution in [0.3, 0.4) is 0 Å². The standard InChI is InChI=1S/C13H11BrCl2N2O2S/c1-7-2-3-9(14)12(4-7)18-21(19,20)13-10(16)5-8(15)6-11(13)17/h2-6,18H,17H2,1H3. The summed E-state index contributed by atoms with van der Waals surface area (Å²) in [5.41, 5.74) is 7.03. The Hall–Kier alpha value is -0.950. The van der Waals surface area contributed by atoms with E-state index in [1.54, 1.807) is 12.1 Å². The molecule has 0 aliphatic heterocycles. The zero-order chi connectivity index (χ0) is 15.8. The van der Waals surface area contributed by atoms with E-state index in [9.17, 15) is 8.42 Å². The summed E-state index contributed by atoms with van der Waals surface area (Å²) in [6.07, 6.45) is 0. The maximum Gasteiger partial charge on any atom is 0.265 e. The highest BCUT2D eigenvalue weighted by atomic mass is 79.9. The third kappa shape index (κ3) is 3.63. The first-order valence-corrected chi connectivity index (χ1v) is 8.77. The molecule has 0 spiro atoms. The molecule has 3 N–H and O–H groups in total. The summed E-state index contributed by atoms with van der Waals surface area (Å²) >= 11 is 15.0. The van der Waals surface area contributed by atoms with E-state index in [0.29, 0.717) is 10.2 Å². The smallest absolute Gasteiger partial charge is 0.265 e. The Bertz CT molecular complexity index is 787. The van der Waals surface area contributed by atoms with Crippen LogP contribution in [0.5, 0.6) is 0 Å².